The Morgan fingerprint density at radius 1 is 1.10 bits per heavy atom. The van der Waals surface area contributed by atoms with Gasteiger partial charge in [-0.3, -0.25) is 0 Å². The van der Waals surface area contributed by atoms with E-state index < -0.39 is 0 Å². The fourth-order valence-electron chi connectivity index (χ4n) is 3.40. The van der Waals surface area contributed by atoms with Crippen LogP contribution in [0.15, 0.2) is 30.6 Å². The van der Waals surface area contributed by atoms with Crippen LogP contribution in [0.3, 0.4) is 0 Å². The van der Waals surface area contributed by atoms with Gasteiger partial charge in [0.15, 0.2) is 11.6 Å². The highest BCUT2D eigenvalue weighted by Crippen LogP contribution is 2.36. The summed E-state index contributed by atoms with van der Waals surface area (Å²) in [5, 5.41) is 0. The van der Waals surface area contributed by atoms with Crippen LogP contribution in [0.2, 0.25) is 0 Å². The topological polar surface area (TPSA) is 45.2 Å². The molecule has 2 aliphatic rings. The molecule has 0 N–H and O–H groups in total. The lowest BCUT2D eigenvalue weighted by Gasteiger charge is -2.35. The van der Waals surface area contributed by atoms with Crippen molar-refractivity contribution in [3.8, 4) is 0 Å². The summed E-state index contributed by atoms with van der Waals surface area (Å²) >= 11 is 0. The van der Waals surface area contributed by atoms with E-state index >= 15 is 0 Å². The van der Waals surface area contributed by atoms with E-state index in [9.17, 15) is 4.39 Å². The zero-order chi connectivity index (χ0) is 14.4. The number of halogens is 1. The first kappa shape index (κ1) is 12.5. The first-order valence-electron chi connectivity index (χ1n) is 7.16. The van der Waals surface area contributed by atoms with Gasteiger partial charge < -0.3 is 9.80 Å². The van der Waals surface area contributed by atoms with Crippen molar-refractivity contribution in [2.24, 2.45) is 0 Å². The van der Waals surface area contributed by atoms with E-state index in [1.165, 1.54) is 6.07 Å². The van der Waals surface area contributed by atoms with Gasteiger partial charge in [0.05, 0.1) is 12.1 Å². The molecule has 5 nitrogen and oxygen atoms in total. The lowest BCUT2D eigenvalue weighted by molar-refractivity contribution is 0.583. The molecule has 4 heterocycles. The third kappa shape index (κ3) is 2.02. The molecule has 4 rings (SSSR count). The summed E-state index contributed by atoms with van der Waals surface area (Å²) in [5.74, 6) is 1.98. The molecule has 21 heavy (non-hydrogen) atoms. The van der Waals surface area contributed by atoms with Crippen molar-refractivity contribution in [2.75, 3.05) is 22.9 Å². The summed E-state index contributed by atoms with van der Waals surface area (Å²) in [7, 11) is 0. The van der Waals surface area contributed by atoms with Crippen LogP contribution in [0.4, 0.5) is 16.0 Å². The van der Waals surface area contributed by atoms with Crippen molar-refractivity contribution < 1.29 is 4.39 Å². The number of hydrogen-bond acceptors (Lipinski definition) is 5. The predicted octanol–water partition coefficient (Wildman–Crippen LogP) is 1.79. The van der Waals surface area contributed by atoms with Crippen LogP contribution in [0.1, 0.15) is 12.2 Å². The Balaban J connectivity index is 1.57. The maximum Gasteiger partial charge on any atom is 0.165 e. The van der Waals surface area contributed by atoms with Crippen molar-refractivity contribution >= 4 is 11.6 Å². The maximum atomic E-state index is 13.9. The van der Waals surface area contributed by atoms with Crippen LogP contribution >= 0.6 is 0 Å². The molecule has 2 saturated heterocycles. The van der Waals surface area contributed by atoms with Gasteiger partial charge in [0.25, 0.3) is 0 Å². The molecule has 108 valence electrons. The number of aryl methyl sites for hydroxylation is 1. The smallest absolute Gasteiger partial charge is 0.165 e. The number of nitrogens with zero attached hydrogens (tertiary/aromatic N) is 5. The van der Waals surface area contributed by atoms with Gasteiger partial charge in [-0.15, -0.1) is 0 Å². The van der Waals surface area contributed by atoms with Gasteiger partial charge >= 0.3 is 0 Å². The van der Waals surface area contributed by atoms with Crippen LogP contribution in [0, 0.1) is 12.7 Å². The van der Waals surface area contributed by atoms with Gasteiger partial charge in [0.1, 0.15) is 11.6 Å². The third-order valence-electron chi connectivity index (χ3n) is 4.31. The van der Waals surface area contributed by atoms with Gasteiger partial charge in [0.2, 0.25) is 0 Å². The van der Waals surface area contributed by atoms with Gasteiger partial charge in [-0.25, -0.2) is 19.3 Å². The third-order valence-corrected chi connectivity index (χ3v) is 4.31. The van der Waals surface area contributed by atoms with Gasteiger partial charge in [-0.2, -0.15) is 0 Å². The van der Waals surface area contributed by atoms with E-state index in [0.29, 0.717) is 17.9 Å². The quantitative estimate of drug-likeness (QED) is 0.841. The standard InChI is InChI=1S/C15H16FN5/c1-10-17-6-4-14(19-10)20-8-12-7-11(20)9-21(12)15-13(16)3-2-5-18-15/h2-6,11-12H,7-9H2,1H3. The van der Waals surface area contributed by atoms with Gasteiger partial charge in [-0.05, 0) is 31.5 Å². The molecule has 2 aromatic heterocycles. The van der Waals surface area contributed by atoms with Crippen LogP contribution in [-0.4, -0.2) is 40.1 Å². The minimum absolute atomic E-state index is 0.241. The second-order valence-electron chi connectivity index (χ2n) is 5.62. The van der Waals surface area contributed by atoms with Crippen molar-refractivity contribution in [2.45, 2.75) is 25.4 Å². The molecule has 2 fully saturated rings. The van der Waals surface area contributed by atoms with E-state index in [1.54, 1.807) is 18.5 Å². The highest BCUT2D eigenvalue weighted by molar-refractivity contribution is 5.51. The van der Waals surface area contributed by atoms with E-state index in [1.807, 2.05) is 13.0 Å². The molecule has 0 spiro atoms. The molecule has 0 aromatic carbocycles. The van der Waals surface area contributed by atoms with Crippen molar-refractivity contribution in [3.63, 3.8) is 0 Å². The van der Waals surface area contributed by atoms with Gasteiger partial charge in [-0.1, -0.05) is 0 Å². The molecule has 0 radical (unpaired) electrons. The van der Waals surface area contributed by atoms with E-state index in [-0.39, 0.29) is 5.82 Å². The molecule has 2 aliphatic heterocycles. The number of rotatable bonds is 2. The lowest BCUT2D eigenvalue weighted by Crippen LogP contribution is -2.47. The van der Waals surface area contributed by atoms with Crippen molar-refractivity contribution in [1.82, 2.24) is 15.0 Å². The number of piperazine rings is 1. The Kier molecular flexibility index (Phi) is 2.77. The largest absolute Gasteiger partial charge is 0.350 e. The molecule has 0 amide bonds. The van der Waals surface area contributed by atoms with Crippen LogP contribution in [0.25, 0.3) is 0 Å². The molecular weight excluding hydrogens is 269 g/mol. The predicted molar refractivity (Wildman–Crippen MR) is 77.8 cm³/mol. The van der Waals surface area contributed by atoms with Gasteiger partial charge in [0, 0.05) is 25.5 Å². The molecule has 0 saturated carbocycles. The minimum Gasteiger partial charge on any atom is -0.350 e. The fraction of sp³-hybridized carbons (Fsp3) is 0.400. The van der Waals surface area contributed by atoms with E-state index in [2.05, 4.69) is 24.8 Å². The Hall–Kier alpha value is -2.24. The maximum absolute atomic E-state index is 13.9. The van der Waals surface area contributed by atoms with Crippen LogP contribution in [0.5, 0.6) is 0 Å². The zero-order valence-corrected chi connectivity index (χ0v) is 11.8. The average molecular weight is 285 g/mol. The van der Waals surface area contributed by atoms with E-state index in [4.69, 9.17) is 0 Å². The molecule has 2 atom stereocenters. The summed E-state index contributed by atoms with van der Waals surface area (Å²) in [6.45, 7) is 3.55. The number of fused-ring (bicyclic) bond motifs is 2. The second-order valence-corrected chi connectivity index (χ2v) is 5.62. The molecule has 2 bridgehead atoms. The number of pyridine rings is 1. The van der Waals surface area contributed by atoms with Crippen LogP contribution < -0.4 is 9.80 Å². The molecule has 0 aliphatic carbocycles. The zero-order valence-electron chi connectivity index (χ0n) is 11.8. The average Bonchev–Trinajstić information content (AvgIpc) is 3.08. The normalized spacial score (nSPS) is 23.9. The number of hydrogen-bond donors (Lipinski definition) is 0. The lowest BCUT2D eigenvalue weighted by atomic mass is 10.2. The van der Waals surface area contributed by atoms with E-state index in [0.717, 1.165) is 31.2 Å². The summed E-state index contributed by atoms with van der Waals surface area (Å²) in [5.41, 5.74) is 0. The first-order chi connectivity index (χ1) is 10.2. The fourth-order valence-corrected chi connectivity index (χ4v) is 3.40. The first-order valence-corrected chi connectivity index (χ1v) is 7.16. The Morgan fingerprint density at radius 2 is 1.90 bits per heavy atom. The van der Waals surface area contributed by atoms with Crippen LogP contribution in [-0.2, 0) is 0 Å². The summed E-state index contributed by atoms with van der Waals surface area (Å²) in [6, 6.07) is 5.71. The summed E-state index contributed by atoms with van der Waals surface area (Å²) < 4.78 is 13.9. The van der Waals surface area contributed by atoms with Crippen molar-refractivity contribution in [1.29, 1.82) is 0 Å². The molecule has 6 heteroatoms. The second kappa shape index (κ2) is 4.65. The monoisotopic (exact) mass is 285 g/mol. The SMILES string of the molecule is Cc1nccc(N2CC3CC2CN3c2ncccc2F)n1. The van der Waals surface area contributed by atoms with Crippen molar-refractivity contribution in [3.05, 3.63) is 42.2 Å². The number of anilines is 2. The highest BCUT2D eigenvalue weighted by Gasteiger charge is 2.44. The highest BCUT2D eigenvalue weighted by atomic mass is 19.1. The Morgan fingerprint density at radius 3 is 2.62 bits per heavy atom. The molecule has 2 aromatic rings. The summed E-state index contributed by atoms with van der Waals surface area (Å²) in [4.78, 5) is 17.2. The Labute approximate surface area is 122 Å². The Bertz CT molecular complexity index is 677. The summed E-state index contributed by atoms with van der Waals surface area (Å²) in [6.07, 6.45) is 4.47. The molecular formula is C15H16FN5. The number of aromatic nitrogens is 3. The minimum atomic E-state index is -0.241. The molecule has 2 unspecified atom stereocenters.